The summed E-state index contributed by atoms with van der Waals surface area (Å²) in [5, 5.41) is 8.51. The van der Waals surface area contributed by atoms with Crippen LogP contribution in [-0.4, -0.2) is 26.6 Å². The van der Waals surface area contributed by atoms with Gasteiger partial charge in [-0.25, -0.2) is 0 Å². The van der Waals surface area contributed by atoms with Gasteiger partial charge in [0.1, 0.15) is 10.6 Å². The zero-order valence-corrected chi connectivity index (χ0v) is 9.12. The van der Waals surface area contributed by atoms with Crippen molar-refractivity contribution >= 4 is 16.2 Å². The second kappa shape index (κ2) is 4.48. The minimum Gasteiger partial charge on any atom is -0.495 e. The first-order chi connectivity index (χ1) is 7.34. The lowest BCUT2D eigenvalue weighted by atomic mass is 10.1. The first-order valence-electron chi connectivity index (χ1n) is 4.18. The van der Waals surface area contributed by atoms with Crippen molar-refractivity contribution in [1.82, 2.24) is 0 Å². The molecule has 88 valence electrons. The number of benzene rings is 1. The summed E-state index contributed by atoms with van der Waals surface area (Å²) in [6, 6.07) is 3.52. The molecule has 1 N–H and O–H groups in total. The van der Waals surface area contributed by atoms with Crippen LogP contribution in [0.3, 0.4) is 0 Å². The molecule has 0 bridgehead atoms. The van der Waals surface area contributed by atoms with E-state index in [-0.39, 0.29) is 17.7 Å². The predicted molar refractivity (Wildman–Crippen MR) is 52.6 cm³/mol. The van der Waals surface area contributed by atoms with Gasteiger partial charge in [-0.1, -0.05) is 6.07 Å². The van der Waals surface area contributed by atoms with Crippen molar-refractivity contribution in [2.24, 2.45) is 0 Å². The SMILES string of the molecule is COc1ccc(CC(=O)O)cc1S(=O)(=O)F. The quantitative estimate of drug-likeness (QED) is 0.803. The average molecular weight is 248 g/mol. The highest BCUT2D eigenvalue weighted by Crippen LogP contribution is 2.26. The van der Waals surface area contributed by atoms with Crippen LogP contribution in [0.25, 0.3) is 0 Å². The molecule has 0 heterocycles. The van der Waals surface area contributed by atoms with Gasteiger partial charge in [-0.15, -0.1) is 3.89 Å². The van der Waals surface area contributed by atoms with E-state index in [4.69, 9.17) is 5.11 Å². The first-order valence-corrected chi connectivity index (χ1v) is 5.56. The molecular weight excluding hydrogens is 239 g/mol. The van der Waals surface area contributed by atoms with E-state index in [9.17, 15) is 17.1 Å². The topological polar surface area (TPSA) is 80.7 Å². The van der Waals surface area contributed by atoms with Crippen LogP contribution in [0.15, 0.2) is 23.1 Å². The third-order valence-corrected chi connectivity index (χ3v) is 2.69. The molecule has 0 saturated carbocycles. The fourth-order valence-electron chi connectivity index (χ4n) is 1.20. The van der Waals surface area contributed by atoms with Crippen LogP contribution in [0.2, 0.25) is 0 Å². The fraction of sp³-hybridized carbons (Fsp3) is 0.222. The van der Waals surface area contributed by atoms with Gasteiger partial charge >= 0.3 is 16.2 Å². The highest BCUT2D eigenvalue weighted by Gasteiger charge is 2.19. The molecule has 0 saturated heterocycles. The summed E-state index contributed by atoms with van der Waals surface area (Å²) >= 11 is 0. The normalized spacial score (nSPS) is 11.1. The number of hydrogen-bond acceptors (Lipinski definition) is 4. The van der Waals surface area contributed by atoms with Crippen LogP contribution in [0.4, 0.5) is 3.89 Å². The summed E-state index contributed by atoms with van der Waals surface area (Å²) in [5.74, 6) is -1.29. The Kier molecular flexibility index (Phi) is 3.48. The van der Waals surface area contributed by atoms with Crippen molar-refractivity contribution in [2.75, 3.05) is 7.11 Å². The van der Waals surface area contributed by atoms with Gasteiger partial charge in [-0.3, -0.25) is 4.79 Å². The summed E-state index contributed by atoms with van der Waals surface area (Å²) < 4.78 is 39.0. The van der Waals surface area contributed by atoms with E-state index < -0.39 is 21.1 Å². The van der Waals surface area contributed by atoms with Gasteiger partial charge in [-0.05, 0) is 17.7 Å². The van der Waals surface area contributed by atoms with E-state index in [1.807, 2.05) is 0 Å². The van der Waals surface area contributed by atoms with Gasteiger partial charge in [0, 0.05) is 0 Å². The predicted octanol–water partition coefficient (Wildman–Crippen LogP) is 0.980. The third-order valence-electron chi connectivity index (χ3n) is 1.85. The largest absolute Gasteiger partial charge is 0.495 e. The molecule has 7 heteroatoms. The van der Waals surface area contributed by atoms with Gasteiger partial charge < -0.3 is 9.84 Å². The van der Waals surface area contributed by atoms with Crippen molar-refractivity contribution < 1.29 is 26.9 Å². The Hall–Kier alpha value is -1.63. The maximum atomic E-state index is 12.8. The minimum absolute atomic E-state index is 0.156. The molecule has 0 aliphatic rings. The number of hydrogen-bond donors (Lipinski definition) is 1. The number of carboxylic acids is 1. The molecule has 0 radical (unpaired) electrons. The Morgan fingerprint density at radius 1 is 1.50 bits per heavy atom. The molecule has 16 heavy (non-hydrogen) atoms. The maximum Gasteiger partial charge on any atom is 0.335 e. The molecule has 0 spiro atoms. The number of rotatable bonds is 4. The Bertz CT molecular complexity index is 509. The maximum absolute atomic E-state index is 12.8. The average Bonchev–Trinajstić information content (AvgIpc) is 2.15. The lowest BCUT2D eigenvalue weighted by molar-refractivity contribution is -0.136. The number of carboxylic acid groups (broad SMARTS) is 1. The summed E-state index contributed by atoms with van der Waals surface area (Å²) in [7, 11) is -3.73. The Morgan fingerprint density at radius 3 is 2.56 bits per heavy atom. The fourth-order valence-corrected chi connectivity index (χ4v) is 1.88. The molecule has 5 nitrogen and oxygen atoms in total. The molecular formula is C9H9FO5S. The van der Waals surface area contributed by atoms with Crippen LogP contribution in [0.1, 0.15) is 5.56 Å². The molecule has 1 aromatic carbocycles. The molecule has 0 aliphatic carbocycles. The zero-order valence-electron chi connectivity index (χ0n) is 8.31. The Morgan fingerprint density at radius 2 is 2.12 bits per heavy atom. The first kappa shape index (κ1) is 12.4. The molecule has 0 atom stereocenters. The summed E-state index contributed by atoms with van der Waals surface area (Å²) in [5.41, 5.74) is 0.185. The van der Waals surface area contributed by atoms with Crippen molar-refractivity contribution in [3.8, 4) is 5.75 Å². The number of aliphatic carboxylic acids is 1. The van der Waals surface area contributed by atoms with Gasteiger partial charge in [0.15, 0.2) is 0 Å². The van der Waals surface area contributed by atoms with E-state index in [0.717, 1.165) is 6.07 Å². The van der Waals surface area contributed by atoms with Gasteiger partial charge in [0.05, 0.1) is 13.5 Å². The highest BCUT2D eigenvalue weighted by molar-refractivity contribution is 7.86. The highest BCUT2D eigenvalue weighted by atomic mass is 32.3. The molecule has 0 amide bonds. The zero-order chi connectivity index (χ0) is 12.3. The van der Waals surface area contributed by atoms with E-state index in [2.05, 4.69) is 4.74 Å². The number of halogens is 1. The molecule has 1 aromatic rings. The molecule has 0 aliphatic heterocycles. The van der Waals surface area contributed by atoms with Crippen molar-refractivity contribution in [1.29, 1.82) is 0 Å². The van der Waals surface area contributed by atoms with Crippen molar-refractivity contribution in [2.45, 2.75) is 11.3 Å². The lowest BCUT2D eigenvalue weighted by Crippen LogP contribution is -2.03. The van der Waals surface area contributed by atoms with Gasteiger partial charge in [0.2, 0.25) is 0 Å². The smallest absolute Gasteiger partial charge is 0.335 e. The summed E-state index contributed by atoms with van der Waals surface area (Å²) in [6.07, 6.45) is -0.382. The molecule has 1 rings (SSSR count). The number of carbonyl (C=O) groups is 1. The van der Waals surface area contributed by atoms with E-state index in [1.165, 1.54) is 19.2 Å². The lowest BCUT2D eigenvalue weighted by Gasteiger charge is -2.06. The van der Waals surface area contributed by atoms with Gasteiger partial charge in [-0.2, -0.15) is 8.42 Å². The van der Waals surface area contributed by atoms with Crippen LogP contribution in [0.5, 0.6) is 5.75 Å². The van der Waals surface area contributed by atoms with Gasteiger partial charge in [0.25, 0.3) is 0 Å². The monoisotopic (exact) mass is 248 g/mol. The van der Waals surface area contributed by atoms with Crippen molar-refractivity contribution in [3.05, 3.63) is 23.8 Å². The van der Waals surface area contributed by atoms with E-state index >= 15 is 0 Å². The third kappa shape index (κ3) is 2.93. The second-order valence-electron chi connectivity index (χ2n) is 2.99. The van der Waals surface area contributed by atoms with Crippen LogP contribution in [-0.2, 0) is 21.4 Å². The van der Waals surface area contributed by atoms with Crippen LogP contribution < -0.4 is 4.74 Å². The van der Waals surface area contributed by atoms with E-state index in [1.54, 1.807) is 0 Å². The standard InChI is InChI=1S/C9H9FO5S/c1-15-7-3-2-6(5-9(11)12)4-8(7)16(10,13)14/h2-4H,5H2,1H3,(H,11,12). The number of methoxy groups -OCH3 is 1. The number of ether oxygens (including phenoxy) is 1. The molecule has 0 unspecified atom stereocenters. The molecule has 0 fully saturated rings. The Labute approximate surface area is 91.7 Å². The molecule has 0 aromatic heterocycles. The summed E-state index contributed by atoms with van der Waals surface area (Å²) in [6.45, 7) is 0. The van der Waals surface area contributed by atoms with Crippen LogP contribution in [0, 0.1) is 0 Å². The minimum atomic E-state index is -4.92. The Balaban J connectivity index is 3.27. The van der Waals surface area contributed by atoms with Crippen molar-refractivity contribution in [3.63, 3.8) is 0 Å². The van der Waals surface area contributed by atoms with E-state index in [0.29, 0.717) is 0 Å². The second-order valence-corrected chi connectivity index (χ2v) is 4.31. The summed E-state index contributed by atoms with van der Waals surface area (Å²) in [4.78, 5) is 9.75. The van der Waals surface area contributed by atoms with Crippen LogP contribution >= 0.6 is 0 Å².